The average Bonchev–Trinajstić information content (AvgIpc) is 3.59. The molecule has 0 saturated carbocycles. The Bertz CT molecular complexity index is 2510. The number of anilines is 6. The van der Waals surface area contributed by atoms with Gasteiger partial charge in [-0.25, -0.2) is 0 Å². The number of rotatable bonds is 21. The van der Waals surface area contributed by atoms with Gasteiger partial charge >= 0.3 is 0 Å². The second kappa shape index (κ2) is 22.7. The Labute approximate surface area is 431 Å². The molecule has 4 nitrogen and oxygen atoms in total. The molecule has 71 heavy (non-hydrogen) atoms. The van der Waals surface area contributed by atoms with Crippen LogP contribution in [-0.4, -0.2) is 12.6 Å². The van der Waals surface area contributed by atoms with E-state index in [1.807, 2.05) is 0 Å². The predicted molar refractivity (Wildman–Crippen MR) is 311 cm³/mol. The van der Waals surface area contributed by atoms with E-state index in [1.165, 1.54) is 136 Å². The Balaban J connectivity index is 1.48. The molecule has 3 N–H and O–H groups in total. The molecule has 6 aromatic carbocycles. The molecule has 0 spiro atoms. The van der Waals surface area contributed by atoms with Crippen molar-refractivity contribution in [2.45, 2.75) is 196 Å². The minimum absolute atomic E-state index is 0.0491. The zero-order chi connectivity index (χ0) is 51.3. The summed E-state index contributed by atoms with van der Waals surface area (Å²) in [6.45, 7) is 32.8. The van der Waals surface area contributed by atoms with Crippen LogP contribution in [0.2, 0.25) is 0 Å². The van der Waals surface area contributed by atoms with E-state index >= 15 is 0 Å². The van der Waals surface area contributed by atoms with Crippen molar-refractivity contribution in [1.82, 2.24) is 5.32 Å². The summed E-state index contributed by atoms with van der Waals surface area (Å²) in [5.41, 5.74) is 30.0. The van der Waals surface area contributed by atoms with Gasteiger partial charge in [-0.1, -0.05) is 191 Å². The summed E-state index contributed by atoms with van der Waals surface area (Å²) in [6, 6.07) is 42.4. The van der Waals surface area contributed by atoms with Crippen LogP contribution >= 0.6 is 0 Å². The van der Waals surface area contributed by atoms with Crippen LogP contribution < -0.4 is 20.9 Å². The topological polar surface area (TPSA) is 44.5 Å². The monoisotopic (exact) mass is 951 g/mol. The van der Waals surface area contributed by atoms with Gasteiger partial charge in [-0.15, -0.1) is 0 Å². The SMILES string of the molecule is CCCCCCCCNC1(C(N)CCCCCCC)c2cc(N(c3ccc(C(C)(C)C)cc3)c3c(C)cc(C)cc3C)ccc2-c2ccc(N(c3ccc(C(C)(C)C)cc3)c3c(C)cc(C)cc3C)cc21. The number of benzene rings is 6. The Kier molecular flexibility index (Phi) is 17.2. The number of aryl methyl sites for hydroxylation is 6. The molecule has 0 bridgehead atoms. The van der Waals surface area contributed by atoms with E-state index in [2.05, 4.69) is 221 Å². The number of nitrogens with two attached hydrogens (primary N) is 1. The van der Waals surface area contributed by atoms with Crippen LogP contribution in [0.1, 0.15) is 188 Å². The van der Waals surface area contributed by atoms with Crippen LogP contribution in [0.4, 0.5) is 34.1 Å². The zero-order valence-corrected chi connectivity index (χ0v) is 46.6. The van der Waals surface area contributed by atoms with Crippen molar-refractivity contribution in [3.05, 3.63) is 165 Å². The van der Waals surface area contributed by atoms with E-state index in [0.29, 0.717) is 0 Å². The van der Waals surface area contributed by atoms with Gasteiger partial charge in [0.2, 0.25) is 0 Å². The van der Waals surface area contributed by atoms with Crippen molar-refractivity contribution >= 4 is 34.1 Å². The van der Waals surface area contributed by atoms with Gasteiger partial charge in [0, 0.05) is 28.8 Å². The molecule has 1 atom stereocenters. The minimum Gasteiger partial charge on any atom is -0.326 e. The lowest BCUT2D eigenvalue weighted by atomic mass is 9.78. The van der Waals surface area contributed by atoms with Crippen LogP contribution in [0, 0.1) is 41.5 Å². The van der Waals surface area contributed by atoms with Crippen LogP contribution in [0.5, 0.6) is 0 Å². The molecule has 1 aliphatic carbocycles. The fourth-order valence-electron chi connectivity index (χ4n) is 11.8. The van der Waals surface area contributed by atoms with Gasteiger partial charge in [0.05, 0.1) is 16.9 Å². The third kappa shape index (κ3) is 11.7. The normalized spacial score (nSPS) is 13.6. The molecule has 0 aromatic heterocycles. The number of nitrogens with zero attached hydrogens (tertiary/aromatic N) is 2. The summed E-state index contributed by atoms with van der Waals surface area (Å²) >= 11 is 0. The second-order valence-corrected chi connectivity index (χ2v) is 23.5. The van der Waals surface area contributed by atoms with Crippen molar-refractivity contribution in [3.63, 3.8) is 0 Å². The fraction of sp³-hybridized carbons (Fsp3) is 0.463. The molecule has 0 fully saturated rings. The molecule has 4 heteroatoms. The molecule has 0 saturated heterocycles. The van der Waals surface area contributed by atoms with Crippen molar-refractivity contribution in [3.8, 4) is 11.1 Å². The third-order valence-corrected chi connectivity index (χ3v) is 15.5. The van der Waals surface area contributed by atoms with Crippen LogP contribution in [0.25, 0.3) is 11.1 Å². The van der Waals surface area contributed by atoms with Gasteiger partial charge in [0.25, 0.3) is 0 Å². The van der Waals surface area contributed by atoms with E-state index in [0.717, 1.165) is 48.6 Å². The van der Waals surface area contributed by atoms with Crippen molar-refractivity contribution in [2.75, 3.05) is 16.3 Å². The molecular weight excluding hydrogens is 861 g/mol. The fourth-order valence-corrected chi connectivity index (χ4v) is 11.8. The Morgan fingerprint density at radius 2 is 0.803 bits per heavy atom. The molecule has 0 aliphatic heterocycles. The molecule has 1 aliphatic rings. The molecule has 6 aromatic rings. The molecule has 0 amide bonds. The quantitative estimate of drug-likeness (QED) is 0.0706. The Morgan fingerprint density at radius 1 is 0.451 bits per heavy atom. The molecule has 378 valence electrons. The number of unbranched alkanes of at least 4 members (excludes halogenated alkanes) is 9. The summed E-state index contributed by atoms with van der Waals surface area (Å²) in [5, 5.41) is 4.39. The molecule has 7 rings (SSSR count). The van der Waals surface area contributed by atoms with E-state index in [4.69, 9.17) is 5.73 Å². The lowest BCUT2D eigenvalue weighted by Crippen LogP contribution is -2.55. The Hall–Kier alpha value is -5.16. The first-order chi connectivity index (χ1) is 33.8. The average molecular weight is 951 g/mol. The highest BCUT2D eigenvalue weighted by atomic mass is 15.2. The largest absolute Gasteiger partial charge is 0.326 e. The smallest absolute Gasteiger partial charge is 0.0857 e. The first-order valence-electron chi connectivity index (χ1n) is 27.6. The zero-order valence-electron chi connectivity index (χ0n) is 46.6. The highest BCUT2D eigenvalue weighted by Gasteiger charge is 2.48. The number of hydrogen-bond donors (Lipinski definition) is 2. The summed E-state index contributed by atoms with van der Waals surface area (Å²) in [5.74, 6) is 0. The minimum atomic E-state index is -0.636. The number of hydrogen-bond acceptors (Lipinski definition) is 4. The highest BCUT2D eigenvalue weighted by Crippen LogP contribution is 2.54. The molecule has 0 heterocycles. The van der Waals surface area contributed by atoms with Gasteiger partial charge in [0.15, 0.2) is 0 Å². The summed E-state index contributed by atoms with van der Waals surface area (Å²) in [7, 11) is 0. The lowest BCUT2D eigenvalue weighted by Gasteiger charge is -2.40. The van der Waals surface area contributed by atoms with Gasteiger partial charge < -0.3 is 20.9 Å². The van der Waals surface area contributed by atoms with Gasteiger partial charge in [-0.3, -0.25) is 0 Å². The van der Waals surface area contributed by atoms with Crippen LogP contribution in [0.15, 0.2) is 109 Å². The maximum absolute atomic E-state index is 7.99. The van der Waals surface area contributed by atoms with Crippen molar-refractivity contribution in [2.24, 2.45) is 5.73 Å². The summed E-state index contributed by atoms with van der Waals surface area (Å²) in [4.78, 5) is 5.04. The standard InChI is InChI=1S/C67H90N4/c1-15-17-19-21-23-25-39-69-67(62(68)26-24-22-20-18-16-2)60-44-56(70(63-48(5)40-46(3)41-49(63)6)54-31-27-52(28-32-54)65(9,10)11)35-37-58(60)59-38-36-57(45-61(59)67)71(64-50(7)42-47(4)43-51(64)8)55-33-29-53(30-34-55)66(12,13)14/h27-38,40-45,62,69H,15-26,39,68H2,1-14H3. The first-order valence-corrected chi connectivity index (χ1v) is 27.6. The van der Waals surface area contributed by atoms with Crippen LogP contribution in [0.3, 0.4) is 0 Å². The summed E-state index contributed by atoms with van der Waals surface area (Å²) in [6.07, 6.45) is 14.4. The molecular formula is C67H90N4. The Morgan fingerprint density at radius 3 is 1.18 bits per heavy atom. The number of nitrogens with one attached hydrogen (secondary N) is 1. The highest BCUT2D eigenvalue weighted by molar-refractivity contribution is 5.90. The van der Waals surface area contributed by atoms with E-state index in [1.54, 1.807) is 0 Å². The maximum Gasteiger partial charge on any atom is 0.0857 e. The molecule has 0 radical (unpaired) electrons. The summed E-state index contributed by atoms with van der Waals surface area (Å²) < 4.78 is 0. The maximum atomic E-state index is 7.99. The molecule has 1 unspecified atom stereocenters. The van der Waals surface area contributed by atoms with E-state index < -0.39 is 5.54 Å². The van der Waals surface area contributed by atoms with E-state index in [-0.39, 0.29) is 16.9 Å². The van der Waals surface area contributed by atoms with Gasteiger partial charge in [0.1, 0.15) is 0 Å². The lowest BCUT2D eigenvalue weighted by molar-refractivity contribution is 0.310. The predicted octanol–water partition coefficient (Wildman–Crippen LogP) is 18.9. The van der Waals surface area contributed by atoms with Gasteiger partial charge in [-0.05, 0) is 176 Å². The van der Waals surface area contributed by atoms with Crippen molar-refractivity contribution < 1.29 is 0 Å². The third-order valence-electron chi connectivity index (χ3n) is 15.5. The van der Waals surface area contributed by atoms with E-state index in [9.17, 15) is 0 Å². The van der Waals surface area contributed by atoms with Gasteiger partial charge in [-0.2, -0.15) is 0 Å². The number of fused-ring (bicyclic) bond motifs is 3. The van der Waals surface area contributed by atoms with Crippen molar-refractivity contribution in [1.29, 1.82) is 0 Å². The first kappa shape index (κ1) is 53.6. The second-order valence-electron chi connectivity index (χ2n) is 23.5. The van der Waals surface area contributed by atoms with Crippen LogP contribution in [-0.2, 0) is 16.4 Å².